The number of benzene rings is 2. The Hall–Kier alpha value is -3.79. The monoisotopic (exact) mass is 349 g/mol. The van der Waals surface area contributed by atoms with Crippen LogP contribution in [0.4, 0.5) is 0 Å². The summed E-state index contributed by atoms with van der Waals surface area (Å²) in [5.74, 6) is -1.28. The predicted octanol–water partition coefficient (Wildman–Crippen LogP) is 3.23. The van der Waals surface area contributed by atoms with E-state index in [0.717, 1.165) is 5.56 Å². The van der Waals surface area contributed by atoms with Gasteiger partial charge in [-0.1, -0.05) is 18.2 Å². The van der Waals surface area contributed by atoms with Gasteiger partial charge < -0.3 is 19.9 Å². The maximum Gasteiger partial charge on any atom is 0.342 e. The molecular weight excluding hydrogens is 334 g/mol. The molecule has 0 aliphatic rings. The van der Waals surface area contributed by atoms with Crippen LogP contribution in [0.2, 0.25) is 0 Å². The van der Waals surface area contributed by atoms with Crippen LogP contribution in [-0.2, 0) is 4.74 Å². The molecular formula is C19H15N3O4. The average Bonchev–Trinajstić information content (AvgIpc) is 3.04. The van der Waals surface area contributed by atoms with Crippen molar-refractivity contribution < 1.29 is 19.7 Å². The van der Waals surface area contributed by atoms with Gasteiger partial charge in [0.1, 0.15) is 29.6 Å². The highest BCUT2D eigenvalue weighted by molar-refractivity contribution is 5.92. The largest absolute Gasteiger partial charge is 0.507 e. The summed E-state index contributed by atoms with van der Waals surface area (Å²) in [7, 11) is 0. The first kappa shape index (κ1) is 17.0. The number of aromatic hydroxyl groups is 1. The first-order chi connectivity index (χ1) is 12.5. The number of nitrogens with zero attached hydrogens (tertiary/aromatic N) is 2. The zero-order valence-corrected chi connectivity index (χ0v) is 13.9. The first-order valence-electron chi connectivity index (χ1n) is 7.73. The molecule has 0 unspecified atom stereocenters. The van der Waals surface area contributed by atoms with Gasteiger partial charge in [-0.3, -0.25) is 0 Å². The molecule has 130 valence electrons. The number of para-hydroxylation sites is 2. The fraction of sp³-hybridized carbons (Fsp3) is 0.105. The van der Waals surface area contributed by atoms with E-state index in [1.54, 1.807) is 31.2 Å². The Morgan fingerprint density at radius 3 is 2.77 bits per heavy atom. The number of ether oxygens (including phenoxy) is 1. The lowest BCUT2D eigenvalue weighted by Gasteiger charge is -2.07. The summed E-state index contributed by atoms with van der Waals surface area (Å²) in [5.41, 5.74) is 2.00. The SMILES string of the molecule is Cc1ccc(C(=O)OCC(O)=C(C#N)c2nc3ccccc3[nH]2)c(O)c1. The highest BCUT2D eigenvalue weighted by Gasteiger charge is 2.17. The van der Waals surface area contributed by atoms with Crippen LogP contribution in [0.1, 0.15) is 21.7 Å². The van der Waals surface area contributed by atoms with Gasteiger partial charge in [-0.2, -0.15) is 5.26 Å². The smallest absolute Gasteiger partial charge is 0.342 e. The zero-order chi connectivity index (χ0) is 18.7. The molecule has 26 heavy (non-hydrogen) atoms. The highest BCUT2D eigenvalue weighted by atomic mass is 16.5. The van der Waals surface area contributed by atoms with Crippen LogP contribution in [-0.4, -0.2) is 32.8 Å². The fourth-order valence-electron chi connectivity index (χ4n) is 2.42. The quantitative estimate of drug-likeness (QED) is 0.378. The molecule has 1 heterocycles. The number of aromatic nitrogens is 2. The van der Waals surface area contributed by atoms with E-state index in [0.29, 0.717) is 11.0 Å². The van der Waals surface area contributed by atoms with Crippen molar-refractivity contribution in [1.29, 1.82) is 5.26 Å². The van der Waals surface area contributed by atoms with E-state index in [1.165, 1.54) is 12.1 Å². The van der Waals surface area contributed by atoms with Gasteiger partial charge in [0, 0.05) is 0 Å². The number of H-pyrrole nitrogens is 1. The molecule has 0 aliphatic carbocycles. The number of nitriles is 1. The van der Waals surface area contributed by atoms with Crippen LogP contribution >= 0.6 is 0 Å². The third-order valence-electron chi connectivity index (χ3n) is 3.74. The number of nitrogens with one attached hydrogen (secondary N) is 1. The molecule has 0 saturated carbocycles. The summed E-state index contributed by atoms with van der Waals surface area (Å²) in [6.45, 7) is 1.25. The minimum absolute atomic E-state index is 0.0226. The molecule has 7 nitrogen and oxygen atoms in total. The lowest BCUT2D eigenvalue weighted by molar-refractivity contribution is 0.0499. The molecule has 3 N–H and O–H groups in total. The third-order valence-corrected chi connectivity index (χ3v) is 3.74. The van der Waals surface area contributed by atoms with Gasteiger partial charge in [-0.15, -0.1) is 0 Å². The van der Waals surface area contributed by atoms with E-state index in [4.69, 9.17) is 4.74 Å². The molecule has 1 aromatic heterocycles. The number of aromatic amines is 1. The van der Waals surface area contributed by atoms with E-state index < -0.39 is 18.3 Å². The van der Waals surface area contributed by atoms with Crippen molar-refractivity contribution in [2.75, 3.05) is 6.61 Å². The second-order valence-electron chi connectivity index (χ2n) is 5.63. The Balaban J connectivity index is 1.81. The van der Waals surface area contributed by atoms with Crippen LogP contribution in [0.5, 0.6) is 5.75 Å². The number of imidazole rings is 1. The van der Waals surface area contributed by atoms with Crippen molar-refractivity contribution in [1.82, 2.24) is 9.97 Å². The molecule has 0 spiro atoms. The van der Waals surface area contributed by atoms with E-state index in [1.807, 2.05) is 12.1 Å². The number of aryl methyl sites for hydroxylation is 1. The van der Waals surface area contributed by atoms with E-state index in [9.17, 15) is 20.3 Å². The molecule has 0 fully saturated rings. The van der Waals surface area contributed by atoms with E-state index >= 15 is 0 Å². The third kappa shape index (κ3) is 3.35. The zero-order valence-electron chi connectivity index (χ0n) is 13.9. The number of phenolic OH excluding ortho intramolecular Hbond substituents is 1. The lowest BCUT2D eigenvalue weighted by Crippen LogP contribution is -2.09. The molecule has 7 heteroatoms. The number of carbonyl (C=O) groups excluding carboxylic acids is 1. The summed E-state index contributed by atoms with van der Waals surface area (Å²) < 4.78 is 4.99. The second kappa shape index (κ2) is 6.99. The second-order valence-corrected chi connectivity index (χ2v) is 5.63. The normalized spacial score (nSPS) is 11.7. The first-order valence-corrected chi connectivity index (χ1v) is 7.73. The van der Waals surface area contributed by atoms with Crippen LogP contribution in [0, 0.1) is 18.3 Å². The number of fused-ring (bicyclic) bond motifs is 1. The molecule has 2 aromatic carbocycles. The number of carbonyl (C=O) groups is 1. The minimum Gasteiger partial charge on any atom is -0.507 e. The standard InChI is InChI=1S/C19H15N3O4/c1-11-6-7-12(16(23)8-11)19(25)26-10-17(24)13(9-20)18-21-14-4-2-3-5-15(14)22-18/h2-8,23-24H,10H2,1H3,(H,21,22). The number of esters is 1. The van der Waals surface area contributed by atoms with Crippen LogP contribution in [0.15, 0.2) is 48.2 Å². The number of hydrogen-bond acceptors (Lipinski definition) is 6. The maximum absolute atomic E-state index is 12.0. The van der Waals surface area contributed by atoms with E-state index in [2.05, 4.69) is 9.97 Å². The summed E-state index contributed by atoms with van der Waals surface area (Å²) >= 11 is 0. The molecule has 0 atom stereocenters. The van der Waals surface area contributed by atoms with Gasteiger partial charge in [0.05, 0.1) is 11.0 Å². The minimum atomic E-state index is -0.809. The molecule has 3 aromatic rings. The summed E-state index contributed by atoms with van der Waals surface area (Å²) in [6.07, 6.45) is 0. The van der Waals surface area contributed by atoms with Crippen molar-refractivity contribution in [2.45, 2.75) is 6.92 Å². The van der Waals surface area contributed by atoms with Gasteiger partial charge in [0.15, 0.2) is 11.6 Å². The number of aliphatic hydroxyl groups excluding tert-OH is 1. The number of aliphatic hydroxyl groups is 1. The number of allylic oxidation sites excluding steroid dienone is 1. The van der Waals surface area contributed by atoms with E-state index in [-0.39, 0.29) is 22.7 Å². The topological polar surface area (TPSA) is 119 Å². The van der Waals surface area contributed by atoms with Crippen molar-refractivity contribution >= 4 is 22.6 Å². The summed E-state index contributed by atoms with van der Waals surface area (Å²) in [5, 5.41) is 29.3. The Kier molecular flexibility index (Phi) is 4.58. The van der Waals surface area contributed by atoms with Gasteiger partial charge >= 0.3 is 5.97 Å². The summed E-state index contributed by atoms with van der Waals surface area (Å²) in [4.78, 5) is 19.2. The van der Waals surface area contributed by atoms with Crippen molar-refractivity contribution in [3.05, 3.63) is 65.2 Å². The molecule has 3 rings (SSSR count). The van der Waals surface area contributed by atoms with Crippen LogP contribution in [0.25, 0.3) is 16.6 Å². The summed E-state index contributed by atoms with van der Waals surface area (Å²) in [6, 6.07) is 13.5. The maximum atomic E-state index is 12.0. The molecule has 0 bridgehead atoms. The van der Waals surface area contributed by atoms with Crippen LogP contribution in [0.3, 0.4) is 0 Å². The number of phenols is 1. The number of rotatable bonds is 4. The average molecular weight is 349 g/mol. The van der Waals surface area contributed by atoms with Gasteiger partial charge in [-0.05, 0) is 36.8 Å². The molecule has 0 radical (unpaired) electrons. The van der Waals surface area contributed by atoms with Crippen molar-refractivity contribution in [2.24, 2.45) is 0 Å². The van der Waals surface area contributed by atoms with Gasteiger partial charge in [0.25, 0.3) is 0 Å². The fourth-order valence-corrected chi connectivity index (χ4v) is 2.42. The molecule has 0 aliphatic heterocycles. The van der Waals surface area contributed by atoms with Crippen molar-refractivity contribution in [3.8, 4) is 11.8 Å². The van der Waals surface area contributed by atoms with Crippen molar-refractivity contribution in [3.63, 3.8) is 0 Å². The number of hydrogen-bond donors (Lipinski definition) is 3. The van der Waals surface area contributed by atoms with Crippen LogP contribution < -0.4 is 0 Å². The Labute approximate surface area is 148 Å². The predicted molar refractivity (Wildman–Crippen MR) is 94.4 cm³/mol. The molecule has 0 saturated heterocycles. The lowest BCUT2D eigenvalue weighted by atomic mass is 10.1. The Morgan fingerprint density at radius 2 is 2.08 bits per heavy atom. The van der Waals surface area contributed by atoms with Gasteiger partial charge in [-0.25, -0.2) is 9.78 Å². The Morgan fingerprint density at radius 1 is 1.31 bits per heavy atom. The Bertz CT molecular complexity index is 1030. The molecule has 0 amide bonds. The highest BCUT2D eigenvalue weighted by Crippen LogP contribution is 2.21. The van der Waals surface area contributed by atoms with Gasteiger partial charge in [0.2, 0.25) is 0 Å².